The van der Waals surface area contributed by atoms with E-state index in [1.807, 2.05) is 71.5 Å². The molecular weight excluding hydrogens is 532 g/mol. The van der Waals surface area contributed by atoms with Gasteiger partial charge in [-0.1, -0.05) is 12.1 Å². The molecule has 0 aliphatic rings. The van der Waals surface area contributed by atoms with E-state index in [-0.39, 0.29) is 11.5 Å². The Balaban J connectivity index is 1.49. The van der Waals surface area contributed by atoms with Gasteiger partial charge in [-0.2, -0.15) is 0 Å². The van der Waals surface area contributed by atoms with Crippen molar-refractivity contribution in [2.24, 2.45) is 0 Å². The third-order valence-corrected chi connectivity index (χ3v) is 7.33. The average Bonchev–Trinajstić information content (AvgIpc) is 3.65. The molecule has 212 valence electrons. The topological polar surface area (TPSA) is 99.8 Å². The first-order valence-corrected chi connectivity index (χ1v) is 13.6. The standard InChI is InChI=1S/C33H30N4O5/c1-4-42-33(39)22-8-5-7-21(13-22)14-25-20-36(18-23-10-11-26(40-2)16-30(23)41-3)32(38)29-15-24(19-37(25)29)28-17-35-31-27(28)9-6-12-34-31/h5-13,15-17,19-20H,4,14,18H2,1-3H3,(H,34,35). The van der Waals surface area contributed by atoms with Gasteiger partial charge in [-0.25, -0.2) is 9.78 Å². The SMILES string of the molecule is CCOC(=O)c1cccc(Cc2cn(Cc3ccc(OC)cc3OC)c(=O)c3cc(-c4c[nH]c5ncccc45)cn23)c1. The Hall–Kier alpha value is -5.31. The number of nitrogens with one attached hydrogen (secondary N) is 1. The molecule has 0 aliphatic heterocycles. The van der Waals surface area contributed by atoms with Gasteiger partial charge in [0, 0.05) is 65.0 Å². The predicted octanol–water partition coefficient (Wildman–Crippen LogP) is 5.48. The first-order chi connectivity index (χ1) is 20.5. The minimum Gasteiger partial charge on any atom is -0.497 e. The van der Waals surface area contributed by atoms with Crippen LogP contribution in [-0.4, -0.2) is 45.7 Å². The van der Waals surface area contributed by atoms with E-state index in [2.05, 4.69) is 9.97 Å². The highest BCUT2D eigenvalue weighted by Crippen LogP contribution is 2.30. The van der Waals surface area contributed by atoms with Gasteiger partial charge >= 0.3 is 5.97 Å². The fourth-order valence-corrected chi connectivity index (χ4v) is 5.30. The predicted molar refractivity (Wildman–Crippen MR) is 161 cm³/mol. The highest BCUT2D eigenvalue weighted by Gasteiger charge is 2.17. The van der Waals surface area contributed by atoms with Crippen LogP contribution in [0.25, 0.3) is 27.7 Å². The van der Waals surface area contributed by atoms with Crippen LogP contribution in [0, 0.1) is 0 Å². The summed E-state index contributed by atoms with van der Waals surface area (Å²) in [6, 6.07) is 18.8. The van der Waals surface area contributed by atoms with Crippen molar-refractivity contribution < 1.29 is 19.0 Å². The average molecular weight is 563 g/mol. The first kappa shape index (κ1) is 26.9. The summed E-state index contributed by atoms with van der Waals surface area (Å²) in [5.41, 5.74) is 6.16. The molecule has 4 heterocycles. The molecule has 1 N–H and O–H groups in total. The highest BCUT2D eigenvalue weighted by molar-refractivity contribution is 5.94. The van der Waals surface area contributed by atoms with E-state index in [0.29, 0.717) is 42.2 Å². The molecule has 0 saturated carbocycles. The molecule has 4 aromatic heterocycles. The van der Waals surface area contributed by atoms with E-state index in [1.165, 1.54) is 0 Å². The van der Waals surface area contributed by atoms with Crippen LogP contribution < -0.4 is 15.0 Å². The fraction of sp³-hybridized carbons (Fsp3) is 0.182. The van der Waals surface area contributed by atoms with Gasteiger partial charge in [0.05, 0.1) is 32.9 Å². The highest BCUT2D eigenvalue weighted by atomic mass is 16.5. The second-order valence-electron chi connectivity index (χ2n) is 9.91. The van der Waals surface area contributed by atoms with Crippen molar-refractivity contribution in [1.29, 1.82) is 0 Å². The fourth-order valence-electron chi connectivity index (χ4n) is 5.30. The second-order valence-corrected chi connectivity index (χ2v) is 9.91. The summed E-state index contributed by atoms with van der Waals surface area (Å²) in [7, 11) is 3.20. The van der Waals surface area contributed by atoms with Gasteiger partial charge in [-0.3, -0.25) is 4.79 Å². The molecular formula is C33H30N4O5. The van der Waals surface area contributed by atoms with Crippen LogP contribution in [0.4, 0.5) is 0 Å². The number of methoxy groups -OCH3 is 2. The van der Waals surface area contributed by atoms with E-state index in [0.717, 1.165) is 39.0 Å². The number of aromatic nitrogens is 4. The molecule has 0 bridgehead atoms. The summed E-state index contributed by atoms with van der Waals surface area (Å²) >= 11 is 0. The number of hydrogen-bond acceptors (Lipinski definition) is 6. The maximum absolute atomic E-state index is 13.9. The molecule has 9 nitrogen and oxygen atoms in total. The van der Waals surface area contributed by atoms with Crippen molar-refractivity contribution in [3.8, 4) is 22.6 Å². The quantitative estimate of drug-likeness (QED) is 0.234. The molecule has 6 aromatic rings. The molecule has 0 spiro atoms. The van der Waals surface area contributed by atoms with Crippen LogP contribution in [0.2, 0.25) is 0 Å². The van der Waals surface area contributed by atoms with Crippen molar-refractivity contribution in [1.82, 2.24) is 18.9 Å². The number of esters is 1. The minimum absolute atomic E-state index is 0.138. The Labute approximate surface area is 241 Å². The van der Waals surface area contributed by atoms with Gasteiger partial charge in [0.15, 0.2) is 0 Å². The zero-order chi connectivity index (χ0) is 29.2. The van der Waals surface area contributed by atoms with Gasteiger partial charge in [-0.05, 0) is 55.0 Å². The van der Waals surface area contributed by atoms with Gasteiger partial charge in [0.2, 0.25) is 0 Å². The molecule has 0 fully saturated rings. The zero-order valence-electron chi connectivity index (χ0n) is 23.6. The summed E-state index contributed by atoms with van der Waals surface area (Å²) in [5.74, 6) is 0.939. The van der Waals surface area contributed by atoms with Crippen molar-refractivity contribution in [3.05, 3.63) is 118 Å². The second kappa shape index (κ2) is 11.3. The van der Waals surface area contributed by atoms with Crippen molar-refractivity contribution >= 4 is 22.5 Å². The van der Waals surface area contributed by atoms with Crippen molar-refractivity contribution in [2.45, 2.75) is 19.9 Å². The summed E-state index contributed by atoms with van der Waals surface area (Å²) in [6.07, 6.45) is 7.99. The smallest absolute Gasteiger partial charge is 0.338 e. The lowest BCUT2D eigenvalue weighted by Crippen LogP contribution is -2.24. The van der Waals surface area contributed by atoms with E-state index in [1.54, 1.807) is 44.0 Å². The summed E-state index contributed by atoms with van der Waals surface area (Å²) in [4.78, 5) is 34.0. The molecule has 6 rings (SSSR count). The molecule has 0 aliphatic carbocycles. The minimum atomic E-state index is -0.364. The van der Waals surface area contributed by atoms with Crippen LogP contribution in [0.1, 0.15) is 34.1 Å². The van der Waals surface area contributed by atoms with E-state index in [9.17, 15) is 9.59 Å². The Morgan fingerprint density at radius 3 is 2.69 bits per heavy atom. The Kier molecular flexibility index (Phi) is 7.23. The monoisotopic (exact) mass is 562 g/mol. The molecule has 0 unspecified atom stereocenters. The number of nitrogens with zero attached hydrogens (tertiary/aromatic N) is 3. The molecule has 2 aromatic carbocycles. The third kappa shape index (κ3) is 5.01. The van der Waals surface area contributed by atoms with E-state index >= 15 is 0 Å². The Morgan fingerprint density at radius 1 is 1.00 bits per heavy atom. The van der Waals surface area contributed by atoms with Crippen LogP contribution in [-0.2, 0) is 17.7 Å². The van der Waals surface area contributed by atoms with Gasteiger partial charge in [-0.15, -0.1) is 0 Å². The number of benzene rings is 2. The van der Waals surface area contributed by atoms with Gasteiger partial charge in [0.1, 0.15) is 22.7 Å². The third-order valence-electron chi connectivity index (χ3n) is 7.33. The van der Waals surface area contributed by atoms with Crippen LogP contribution in [0.3, 0.4) is 0 Å². The van der Waals surface area contributed by atoms with Gasteiger partial charge in [0.25, 0.3) is 5.56 Å². The molecule has 0 saturated heterocycles. The number of fused-ring (bicyclic) bond motifs is 2. The number of carbonyl (C=O) groups excluding carboxylic acids is 1. The Bertz CT molecular complexity index is 1980. The van der Waals surface area contributed by atoms with Crippen LogP contribution in [0.5, 0.6) is 11.5 Å². The number of ether oxygens (including phenoxy) is 3. The number of carbonyl (C=O) groups is 1. The molecule has 0 radical (unpaired) electrons. The zero-order valence-corrected chi connectivity index (χ0v) is 23.6. The maximum Gasteiger partial charge on any atom is 0.338 e. The van der Waals surface area contributed by atoms with E-state index in [4.69, 9.17) is 14.2 Å². The maximum atomic E-state index is 13.9. The summed E-state index contributed by atoms with van der Waals surface area (Å²) in [5, 5.41) is 0.973. The molecule has 0 amide bonds. The number of hydrogen-bond donors (Lipinski definition) is 1. The number of rotatable bonds is 9. The first-order valence-electron chi connectivity index (χ1n) is 13.6. The van der Waals surface area contributed by atoms with Gasteiger partial charge < -0.3 is 28.2 Å². The largest absolute Gasteiger partial charge is 0.497 e. The Morgan fingerprint density at radius 2 is 1.88 bits per heavy atom. The summed E-state index contributed by atoms with van der Waals surface area (Å²) in [6.45, 7) is 2.39. The lowest BCUT2D eigenvalue weighted by atomic mass is 10.1. The lowest BCUT2D eigenvalue weighted by Gasteiger charge is -2.15. The van der Waals surface area contributed by atoms with Crippen LogP contribution in [0.15, 0.2) is 90.2 Å². The number of aromatic amines is 1. The molecule has 0 atom stereocenters. The van der Waals surface area contributed by atoms with Crippen molar-refractivity contribution in [2.75, 3.05) is 20.8 Å². The normalized spacial score (nSPS) is 11.2. The molecule has 9 heteroatoms. The summed E-state index contributed by atoms with van der Waals surface area (Å²) < 4.78 is 19.8. The number of pyridine rings is 1. The van der Waals surface area contributed by atoms with Crippen LogP contribution >= 0.6 is 0 Å². The van der Waals surface area contributed by atoms with E-state index < -0.39 is 0 Å². The molecule has 42 heavy (non-hydrogen) atoms. The lowest BCUT2D eigenvalue weighted by molar-refractivity contribution is 0.0526. The van der Waals surface area contributed by atoms with Crippen molar-refractivity contribution in [3.63, 3.8) is 0 Å². The number of H-pyrrole nitrogens is 1.